The van der Waals surface area contributed by atoms with Crippen molar-refractivity contribution < 1.29 is 4.79 Å². The lowest BCUT2D eigenvalue weighted by Gasteiger charge is -2.34. The largest absolute Gasteiger partial charge is 0.351 e. The summed E-state index contributed by atoms with van der Waals surface area (Å²) >= 11 is 0. The van der Waals surface area contributed by atoms with E-state index in [0.29, 0.717) is 0 Å². The van der Waals surface area contributed by atoms with Crippen molar-refractivity contribution >= 4 is 5.91 Å². The Morgan fingerprint density at radius 2 is 2.00 bits per heavy atom. The molecule has 2 rings (SSSR count). The normalized spacial score (nSPS) is 18.1. The van der Waals surface area contributed by atoms with Gasteiger partial charge in [-0.2, -0.15) is 0 Å². The van der Waals surface area contributed by atoms with Crippen molar-refractivity contribution in [2.45, 2.75) is 33.6 Å². The second-order valence-corrected chi connectivity index (χ2v) is 6.06. The number of aryl methyl sites for hydroxylation is 2. The first-order valence-electron chi connectivity index (χ1n) is 7.06. The Morgan fingerprint density at radius 1 is 1.32 bits per heavy atom. The van der Waals surface area contributed by atoms with Crippen LogP contribution < -0.4 is 10.6 Å². The van der Waals surface area contributed by atoms with Crippen LogP contribution in [0.1, 0.15) is 41.3 Å². The summed E-state index contributed by atoms with van der Waals surface area (Å²) in [6, 6.07) is 5.97. The Bertz CT molecular complexity index is 462. The maximum atomic E-state index is 12.2. The number of carbonyl (C=O) groups excluding carboxylic acids is 1. The van der Waals surface area contributed by atoms with Crippen LogP contribution in [0.15, 0.2) is 18.2 Å². The summed E-state index contributed by atoms with van der Waals surface area (Å²) in [6.45, 7) is 9.17. The summed E-state index contributed by atoms with van der Waals surface area (Å²) in [7, 11) is 0. The van der Waals surface area contributed by atoms with Crippen LogP contribution in [0.25, 0.3) is 0 Å². The van der Waals surface area contributed by atoms with Gasteiger partial charge in [0.2, 0.25) is 0 Å². The van der Waals surface area contributed by atoms with Crippen molar-refractivity contribution in [2.24, 2.45) is 5.41 Å². The smallest absolute Gasteiger partial charge is 0.251 e. The van der Waals surface area contributed by atoms with Gasteiger partial charge in [0.05, 0.1) is 0 Å². The lowest BCUT2D eigenvalue weighted by atomic mass is 9.81. The highest BCUT2D eigenvalue weighted by atomic mass is 16.1. The number of benzene rings is 1. The molecular formula is C16H24N2O. The lowest BCUT2D eigenvalue weighted by Crippen LogP contribution is -2.43. The summed E-state index contributed by atoms with van der Waals surface area (Å²) in [6.07, 6.45) is 2.25. The van der Waals surface area contributed by atoms with Crippen molar-refractivity contribution in [2.75, 3.05) is 19.6 Å². The van der Waals surface area contributed by atoms with E-state index >= 15 is 0 Å². The van der Waals surface area contributed by atoms with Crippen molar-refractivity contribution in [3.63, 3.8) is 0 Å². The molecule has 0 unspecified atom stereocenters. The minimum absolute atomic E-state index is 0.0530. The molecule has 0 spiro atoms. The number of rotatable bonds is 3. The molecule has 1 aromatic rings. The van der Waals surface area contributed by atoms with E-state index in [0.717, 1.165) is 43.6 Å². The molecule has 3 nitrogen and oxygen atoms in total. The lowest BCUT2D eigenvalue weighted by molar-refractivity contribution is 0.0921. The van der Waals surface area contributed by atoms with Gasteiger partial charge in [-0.05, 0) is 56.8 Å². The standard InChI is InChI=1S/C16H24N2O/c1-12-4-5-14(13(2)10-12)15(19)18-11-16(3)6-8-17-9-7-16/h4-5,10,17H,6-9,11H2,1-3H3,(H,18,19). The van der Waals surface area contributed by atoms with Gasteiger partial charge < -0.3 is 10.6 Å². The molecule has 1 amide bonds. The highest BCUT2D eigenvalue weighted by Gasteiger charge is 2.27. The van der Waals surface area contributed by atoms with E-state index in [2.05, 4.69) is 23.6 Å². The predicted molar refractivity (Wildman–Crippen MR) is 78.5 cm³/mol. The van der Waals surface area contributed by atoms with Gasteiger partial charge in [-0.3, -0.25) is 4.79 Å². The topological polar surface area (TPSA) is 41.1 Å². The van der Waals surface area contributed by atoms with Crippen LogP contribution in [-0.4, -0.2) is 25.5 Å². The van der Waals surface area contributed by atoms with Crippen molar-refractivity contribution in [3.05, 3.63) is 34.9 Å². The molecule has 0 atom stereocenters. The zero-order valence-corrected chi connectivity index (χ0v) is 12.2. The maximum Gasteiger partial charge on any atom is 0.251 e. The Kier molecular flexibility index (Phi) is 4.25. The fourth-order valence-corrected chi connectivity index (χ4v) is 2.66. The number of hydrogen-bond acceptors (Lipinski definition) is 2. The second-order valence-electron chi connectivity index (χ2n) is 6.06. The fraction of sp³-hybridized carbons (Fsp3) is 0.562. The third-order valence-electron chi connectivity index (χ3n) is 4.11. The number of piperidine rings is 1. The Morgan fingerprint density at radius 3 is 2.63 bits per heavy atom. The van der Waals surface area contributed by atoms with E-state index in [-0.39, 0.29) is 11.3 Å². The highest BCUT2D eigenvalue weighted by molar-refractivity contribution is 5.95. The van der Waals surface area contributed by atoms with E-state index in [4.69, 9.17) is 0 Å². The van der Waals surface area contributed by atoms with Crippen LogP contribution >= 0.6 is 0 Å². The molecule has 104 valence electrons. The molecule has 1 saturated heterocycles. The summed E-state index contributed by atoms with van der Waals surface area (Å²) in [5.74, 6) is 0.0530. The fourth-order valence-electron chi connectivity index (χ4n) is 2.66. The Hall–Kier alpha value is -1.35. The molecule has 1 aromatic carbocycles. The molecule has 0 bridgehead atoms. The van der Waals surface area contributed by atoms with Gasteiger partial charge in [0.1, 0.15) is 0 Å². The molecule has 0 saturated carbocycles. The van der Waals surface area contributed by atoms with E-state index in [9.17, 15) is 4.79 Å². The van der Waals surface area contributed by atoms with Gasteiger partial charge in [0.15, 0.2) is 0 Å². The van der Waals surface area contributed by atoms with Crippen molar-refractivity contribution in [3.8, 4) is 0 Å². The molecule has 1 aliphatic heterocycles. The summed E-state index contributed by atoms with van der Waals surface area (Å²) < 4.78 is 0. The minimum Gasteiger partial charge on any atom is -0.351 e. The number of hydrogen-bond donors (Lipinski definition) is 2. The van der Waals surface area contributed by atoms with Crippen LogP contribution in [0.3, 0.4) is 0 Å². The van der Waals surface area contributed by atoms with Crippen LogP contribution in [-0.2, 0) is 0 Å². The van der Waals surface area contributed by atoms with Crippen LogP contribution in [0.4, 0.5) is 0 Å². The van der Waals surface area contributed by atoms with Crippen molar-refractivity contribution in [1.82, 2.24) is 10.6 Å². The number of nitrogens with one attached hydrogen (secondary N) is 2. The van der Waals surface area contributed by atoms with Crippen LogP contribution in [0.5, 0.6) is 0 Å². The van der Waals surface area contributed by atoms with Gasteiger partial charge in [-0.15, -0.1) is 0 Å². The molecule has 0 aromatic heterocycles. The average Bonchev–Trinajstić information content (AvgIpc) is 2.37. The van der Waals surface area contributed by atoms with E-state index in [1.54, 1.807) is 0 Å². The maximum absolute atomic E-state index is 12.2. The Labute approximate surface area is 115 Å². The van der Waals surface area contributed by atoms with E-state index in [1.807, 2.05) is 26.0 Å². The summed E-state index contributed by atoms with van der Waals surface area (Å²) in [5, 5.41) is 6.46. The van der Waals surface area contributed by atoms with E-state index < -0.39 is 0 Å². The van der Waals surface area contributed by atoms with Gasteiger partial charge in [0.25, 0.3) is 5.91 Å². The third-order valence-corrected chi connectivity index (χ3v) is 4.11. The Balaban J connectivity index is 1.97. The first-order valence-corrected chi connectivity index (χ1v) is 7.06. The molecule has 0 aliphatic carbocycles. The van der Waals surface area contributed by atoms with Gasteiger partial charge in [-0.1, -0.05) is 24.6 Å². The molecule has 1 aliphatic rings. The molecular weight excluding hydrogens is 236 g/mol. The van der Waals surface area contributed by atoms with Crippen molar-refractivity contribution in [1.29, 1.82) is 0 Å². The highest BCUT2D eigenvalue weighted by Crippen LogP contribution is 2.26. The molecule has 3 heteroatoms. The van der Waals surface area contributed by atoms with Crippen LogP contribution in [0.2, 0.25) is 0 Å². The number of carbonyl (C=O) groups is 1. The SMILES string of the molecule is Cc1ccc(C(=O)NCC2(C)CCNCC2)c(C)c1. The van der Waals surface area contributed by atoms with Gasteiger partial charge in [-0.25, -0.2) is 0 Å². The van der Waals surface area contributed by atoms with Gasteiger partial charge in [0, 0.05) is 12.1 Å². The predicted octanol–water partition coefficient (Wildman–Crippen LogP) is 2.42. The average molecular weight is 260 g/mol. The quantitative estimate of drug-likeness (QED) is 0.876. The molecule has 1 fully saturated rings. The summed E-state index contributed by atoms with van der Waals surface area (Å²) in [5.41, 5.74) is 3.27. The minimum atomic E-state index is 0.0530. The molecule has 2 N–H and O–H groups in total. The molecule has 1 heterocycles. The first kappa shape index (κ1) is 14.1. The second kappa shape index (κ2) is 5.74. The van der Waals surface area contributed by atoms with Crippen LogP contribution in [0, 0.1) is 19.3 Å². The monoisotopic (exact) mass is 260 g/mol. The third kappa shape index (κ3) is 3.57. The van der Waals surface area contributed by atoms with Gasteiger partial charge >= 0.3 is 0 Å². The zero-order chi connectivity index (χ0) is 13.9. The zero-order valence-electron chi connectivity index (χ0n) is 12.2. The molecule has 19 heavy (non-hydrogen) atoms. The summed E-state index contributed by atoms with van der Waals surface area (Å²) in [4.78, 5) is 12.2. The first-order chi connectivity index (χ1) is 9.00. The number of amides is 1. The molecule has 0 radical (unpaired) electrons. The van der Waals surface area contributed by atoms with E-state index in [1.165, 1.54) is 5.56 Å².